The molecular formula is C17H20ClN5O3. The van der Waals surface area contributed by atoms with Gasteiger partial charge in [-0.1, -0.05) is 11.6 Å². The SMILES string of the molecule is CNC(=O)c1ccc(CNC(=O)N2CCN(c3ccc(Cl)cn3)CC2)o1. The van der Waals surface area contributed by atoms with Gasteiger partial charge in [0.15, 0.2) is 5.76 Å². The lowest BCUT2D eigenvalue weighted by atomic mass is 10.3. The molecule has 3 heterocycles. The highest BCUT2D eigenvalue weighted by Crippen LogP contribution is 2.16. The highest BCUT2D eigenvalue weighted by Gasteiger charge is 2.22. The smallest absolute Gasteiger partial charge is 0.317 e. The van der Waals surface area contributed by atoms with E-state index in [9.17, 15) is 9.59 Å². The van der Waals surface area contributed by atoms with Crippen LogP contribution in [0.3, 0.4) is 0 Å². The van der Waals surface area contributed by atoms with Crippen LogP contribution in [0, 0.1) is 0 Å². The summed E-state index contributed by atoms with van der Waals surface area (Å²) in [5.74, 6) is 1.31. The number of urea groups is 1. The van der Waals surface area contributed by atoms with Gasteiger partial charge in [0.25, 0.3) is 5.91 Å². The van der Waals surface area contributed by atoms with Crippen molar-refractivity contribution in [3.05, 3.63) is 47.0 Å². The number of piperazine rings is 1. The molecule has 0 radical (unpaired) electrons. The van der Waals surface area contributed by atoms with Gasteiger partial charge in [0.2, 0.25) is 0 Å². The minimum atomic E-state index is -0.297. The van der Waals surface area contributed by atoms with E-state index >= 15 is 0 Å². The van der Waals surface area contributed by atoms with E-state index in [-0.39, 0.29) is 24.2 Å². The van der Waals surface area contributed by atoms with Crippen molar-refractivity contribution in [3.8, 4) is 0 Å². The van der Waals surface area contributed by atoms with E-state index in [0.29, 0.717) is 37.0 Å². The van der Waals surface area contributed by atoms with Gasteiger partial charge >= 0.3 is 6.03 Å². The molecule has 3 rings (SSSR count). The van der Waals surface area contributed by atoms with Crippen LogP contribution >= 0.6 is 11.6 Å². The molecule has 0 aliphatic carbocycles. The van der Waals surface area contributed by atoms with Crippen LogP contribution in [0.5, 0.6) is 0 Å². The summed E-state index contributed by atoms with van der Waals surface area (Å²) in [5, 5.41) is 5.90. The van der Waals surface area contributed by atoms with E-state index in [1.54, 1.807) is 29.3 Å². The maximum Gasteiger partial charge on any atom is 0.317 e. The topological polar surface area (TPSA) is 90.7 Å². The first-order chi connectivity index (χ1) is 12.6. The van der Waals surface area contributed by atoms with Crippen LogP contribution < -0.4 is 15.5 Å². The number of hydrogen-bond donors (Lipinski definition) is 2. The molecule has 1 aliphatic heterocycles. The van der Waals surface area contributed by atoms with Crippen LogP contribution in [0.1, 0.15) is 16.3 Å². The van der Waals surface area contributed by atoms with E-state index in [1.165, 1.54) is 7.05 Å². The van der Waals surface area contributed by atoms with E-state index in [0.717, 1.165) is 5.82 Å². The molecule has 2 aromatic rings. The van der Waals surface area contributed by atoms with Crippen LogP contribution in [-0.4, -0.2) is 55.0 Å². The Bertz CT molecular complexity index is 769. The summed E-state index contributed by atoms with van der Waals surface area (Å²) in [6, 6.07) is 6.78. The summed E-state index contributed by atoms with van der Waals surface area (Å²) < 4.78 is 5.39. The van der Waals surface area contributed by atoms with Crippen LogP contribution in [0.4, 0.5) is 10.6 Å². The van der Waals surface area contributed by atoms with Gasteiger partial charge in [0, 0.05) is 39.4 Å². The molecule has 0 spiro atoms. The van der Waals surface area contributed by atoms with Crippen LogP contribution in [0.15, 0.2) is 34.9 Å². The lowest BCUT2D eigenvalue weighted by Crippen LogP contribution is -2.51. The maximum atomic E-state index is 12.3. The largest absolute Gasteiger partial charge is 0.454 e. The van der Waals surface area contributed by atoms with Crippen molar-refractivity contribution >= 4 is 29.4 Å². The van der Waals surface area contributed by atoms with Gasteiger partial charge < -0.3 is 24.9 Å². The van der Waals surface area contributed by atoms with Crippen molar-refractivity contribution in [1.82, 2.24) is 20.5 Å². The molecule has 26 heavy (non-hydrogen) atoms. The molecule has 0 aromatic carbocycles. The van der Waals surface area contributed by atoms with Gasteiger partial charge in [0.1, 0.15) is 11.6 Å². The van der Waals surface area contributed by atoms with E-state index in [4.69, 9.17) is 16.0 Å². The molecule has 0 atom stereocenters. The first kappa shape index (κ1) is 18.1. The highest BCUT2D eigenvalue weighted by atomic mass is 35.5. The Balaban J connectivity index is 1.47. The Kier molecular flexibility index (Phi) is 5.62. The molecule has 9 heteroatoms. The lowest BCUT2D eigenvalue weighted by molar-refractivity contribution is 0.0934. The monoisotopic (exact) mass is 377 g/mol. The Morgan fingerprint density at radius 1 is 1.19 bits per heavy atom. The minimum Gasteiger partial charge on any atom is -0.454 e. The second-order valence-corrected chi connectivity index (χ2v) is 6.25. The molecule has 3 amide bonds. The molecule has 138 valence electrons. The number of nitrogens with one attached hydrogen (secondary N) is 2. The van der Waals surface area contributed by atoms with E-state index < -0.39 is 0 Å². The first-order valence-corrected chi connectivity index (χ1v) is 8.64. The number of halogens is 1. The Labute approximate surface area is 156 Å². The summed E-state index contributed by atoms with van der Waals surface area (Å²) in [6.07, 6.45) is 1.62. The number of anilines is 1. The zero-order valence-electron chi connectivity index (χ0n) is 14.4. The van der Waals surface area contributed by atoms with E-state index in [2.05, 4.69) is 20.5 Å². The number of nitrogens with zero attached hydrogens (tertiary/aromatic N) is 3. The standard InChI is InChI=1S/C17H20ClN5O3/c1-19-16(24)14-4-3-13(26-14)11-21-17(25)23-8-6-22(7-9-23)15-5-2-12(18)10-20-15/h2-5,10H,6-9,11H2,1H3,(H,19,24)(H,21,25). The molecule has 0 saturated carbocycles. The molecule has 0 bridgehead atoms. The molecule has 1 saturated heterocycles. The Morgan fingerprint density at radius 2 is 1.96 bits per heavy atom. The molecule has 1 fully saturated rings. The molecule has 8 nitrogen and oxygen atoms in total. The number of amides is 3. The summed E-state index contributed by atoms with van der Waals surface area (Å²) in [7, 11) is 1.53. The van der Waals surface area contributed by atoms with Crippen LogP contribution in [0.25, 0.3) is 0 Å². The number of pyridine rings is 1. The molecule has 0 unspecified atom stereocenters. The van der Waals surface area contributed by atoms with Gasteiger partial charge in [-0.3, -0.25) is 4.79 Å². The number of carbonyl (C=O) groups excluding carboxylic acids is 2. The van der Waals surface area contributed by atoms with Crippen molar-refractivity contribution in [2.24, 2.45) is 0 Å². The van der Waals surface area contributed by atoms with Crippen molar-refractivity contribution in [1.29, 1.82) is 0 Å². The number of rotatable bonds is 4. The fourth-order valence-corrected chi connectivity index (χ4v) is 2.80. The van der Waals surface area contributed by atoms with Crippen LogP contribution in [0.2, 0.25) is 5.02 Å². The van der Waals surface area contributed by atoms with Crippen molar-refractivity contribution < 1.29 is 14.0 Å². The fraction of sp³-hybridized carbons (Fsp3) is 0.353. The summed E-state index contributed by atoms with van der Waals surface area (Å²) >= 11 is 5.86. The van der Waals surface area contributed by atoms with Gasteiger partial charge in [-0.05, 0) is 24.3 Å². The fourth-order valence-electron chi connectivity index (χ4n) is 2.69. The number of hydrogen-bond acceptors (Lipinski definition) is 5. The third-order valence-corrected chi connectivity index (χ3v) is 4.35. The third kappa shape index (κ3) is 4.26. The second-order valence-electron chi connectivity index (χ2n) is 5.81. The number of aromatic nitrogens is 1. The van der Waals surface area contributed by atoms with Crippen LogP contribution in [-0.2, 0) is 6.54 Å². The summed E-state index contributed by atoms with van der Waals surface area (Å²) in [5.41, 5.74) is 0. The quantitative estimate of drug-likeness (QED) is 0.846. The van der Waals surface area contributed by atoms with Gasteiger partial charge in [-0.25, -0.2) is 9.78 Å². The van der Waals surface area contributed by atoms with Crippen molar-refractivity contribution in [3.63, 3.8) is 0 Å². The second kappa shape index (κ2) is 8.09. The predicted octanol–water partition coefficient (Wildman–Crippen LogP) is 1.72. The highest BCUT2D eigenvalue weighted by molar-refractivity contribution is 6.30. The Morgan fingerprint density at radius 3 is 2.62 bits per heavy atom. The third-order valence-electron chi connectivity index (χ3n) is 4.13. The summed E-state index contributed by atoms with van der Waals surface area (Å²) in [4.78, 5) is 31.9. The Hall–Kier alpha value is -2.74. The van der Waals surface area contributed by atoms with Gasteiger partial charge in [0.05, 0.1) is 11.6 Å². The maximum absolute atomic E-state index is 12.3. The number of carbonyl (C=O) groups is 2. The van der Waals surface area contributed by atoms with E-state index in [1.807, 2.05) is 6.07 Å². The zero-order valence-corrected chi connectivity index (χ0v) is 15.1. The average Bonchev–Trinajstić information content (AvgIpc) is 3.15. The molecule has 2 aromatic heterocycles. The van der Waals surface area contributed by atoms with Gasteiger partial charge in [-0.15, -0.1) is 0 Å². The van der Waals surface area contributed by atoms with Crippen molar-refractivity contribution in [2.45, 2.75) is 6.54 Å². The zero-order chi connectivity index (χ0) is 18.5. The number of furan rings is 1. The normalized spacial score (nSPS) is 14.2. The average molecular weight is 378 g/mol. The summed E-state index contributed by atoms with van der Waals surface area (Å²) in [6.45, 7) is 2.82. The molecule has 1 aliphatic rings. The minimum absolute atomic E-state index is 0.161. The molecule has 2 N–H and O–H groups in total. The molecular weight excluding hydrogens is 358 g/mol. The predicted molar refractivity (Wildman–Crippen MR) is 97.4 cm³/mol. The lowest BCUT2D eigenvalue weighted by Gasteiger charge is -2.35. The van der Waals surface area contributed by atoms with Crippen molar-refractivity contribution in [2.75, 3.05) is 38.1 Å². The first-order valence-electron chi connectivity index (χ1n) is 8.27. The van der Waals surface area contributed by atoms with Gasteiger partial charge in [-0.2, -0.15) is 0 Å².